The van der Waals surface area contributed by atoms with Crippen LogP contribution in [0.4, 0.5) is 10.1 Å². The van der Waals surface area contributed by atoms with Gasteiger partial charge in [0.2, 0.25) is 0 Å². The van der Waals surface area contributed by atoms with Crippen molar-refractivity contribution in [3.63, 3.8) is 0 Å². The molecule has 94 valence electrons. The first-order chi connectivity index (χ1) is 9.13. The smallest absolute Gasteiger partial charge is 0.258 e. The van der Waals surface area contributed by atoms with Gasteiger partial charge in [-0.15, -0.1) is 0 Å². The average molecular weight is 258 g/mol. The molecule has 0 fully saturated rings. The van der Waals surface area contributed by atoms with Crippen molar-refractivity contribution in [1.82, 2.24) is 14.6 Å². The van der Waals surface area contributed by atoms with Gasteiger partial charge in [0.25, 0.3) is 0 Å². The van der Waals surface area contributed by atoms with Gasteiger partial charge in [-0.25, -0.2) is 13.9 Å². The van der Waals surface area contributed by atoms with Crippen LogP contribution in [0, 0.1) is 15.9 Å². The standard InChI is InChI=1S/C12H7FN4O2/c13-9-3-1-8(2-4-9)11-5-12-14-6-10(17(18)19)7-16(12)15-11/h1-7H. The first-order valence-electron chi connectivity index (χ1n) is 5.39. The first kappa shape index (κ1) is 11.3. The number of fused-ring (bicyclic) bond motifs is 1. The molecule has 7 heteroatoms. The van der Waals surface area contributed by atoms with Crippen LogP contribution in [0.15, 0.2) is 42.7 Å². The van der Waals surface area contributed by atoms with E-state index in [1.165, 1.54) is 29.0 Å². The Labute approximate surface area is 106 Å². The molecule has 0 atom stereocenters. The molecule has 0 unspecified atom stereocenters. The highest BCUT2D eigenvalue weighted by Crippen LogP contribution is 2.20. The number of aromatic nitrogens is 3. The van der Waals surface area contributed by atoms with E-state index in [0.717, 1.165) is 5.56 Å². The van der Waals surface area contributed by atoms with E-state index in [-0.39, 0.29) is 11.5 Å². The van der Waals surface area contributed by atoms with Crippen LogP contribution in [-0.2, 0) is 0 Å². The van der Waals surface area contributed by atoms with Crippen LogP contribution in [0.1, 0.15) is 0 Å². The maximum absolute atomic E-state index is 12.8. The zero-order chi connectivity index (χ0) is 13.4. The fourth-order valence-corrected chi connectivity index (χ4v) is 1.72. The molecular formula is C12H7FN4O2. The number of nitrogens with zero attached hydrogens (tertiary/aromatic N) is 4. The molecule has 0 aliphatic heterocycles. The SMILES string of the molecule is O=[N+]([O-])c1cnc2cc(-c3ccc(F)cc3)nn2c1. The summed E-state index contributed by atoms with van der Waals surface area (Å²) in [7, 11) is 0. The number of halogens is 1. The van der Waals surface area contributed by atoms with E-state index in [4.69, 9.17) is 0 Å². The molecule has 0 aliphatic rings. The second kappa shape index (κ2) is 4.13. The summed E-state index contributed by atoms with van der Waals surface area (Å²) in [6, 6.07) is 7.51. The molecule has 2 heterocycles. The van der Waals surface area contributed by atoms with Crippen LogP contribution in [0.5, 0.6) is 0 Å². The fraction of sp³-hybridized carbons (Fsp3) is 0. The molecule has 0 saturated carbocycles. The van der Waals surface area contributed by atoms with Gasteiger partial charge >= 0.3 is 5.69 Å². The molecule has 0 N–H and O–H groups in total. The summed E-state index contributed by atoms with van der Waals surface area (Å²) in [5.74, 6) is -0.332. The lowest BCUT2D eigenvalue weighted by Gasteiger charge is -1.94. The highest BCUT2D eigenvalue weighted by Gasteiger charge is 2.10. The van der Waals surface area contributed by atoms with Crippen molar-refractivity contribution in [3.05, 3.63) is 58.7 Å². The normalized spacial score (nSPS) is 10.8. The van der Waals surface area contributed by atoms with Crippen LogP contribution in [-0.4, -0.2) is 19.5 Å². The van der Waals surface area contributed by atoms with Crippen molar-refractivity contribution in [3.8, 4) is 11.3 Å². The Balaban J connectivity index is 2.11. The number of hydrogen-bond donors (Lipinski definition) is 0. The van der Waals surface area contributed by atoms with Gasteiger partial charge in [-0.1, -0.05) is 0 Å². The van der Waals surface area contributed by atoms with Gasteiger partial charge in [0.1, 0.15) is 18.2 Å². The van der Waals surface area contributed by atoms with Crippen LogP contribution < -0.4 is 0 Å². The van der Waals surface area contributed by atoms with E-state index in [1.54, 1.807) is 18.2 Å². The maximum Gasteiger partial charge on any atom is 0.305 e. The first-order valence-corrected chi connectivity index (χ1v) is 5.39. The largest absolute Gasteiger partial charge is 0.305 e. The van der Waals surface area contributed by atoms with Gasteiger partial charge < -0.3 is 0 Å². The molecule has 3 rings (SSSR count). The van der Waals surface area contributed by atoms with Gasteiger partial charge in [-0.2, -0.15) is 5.10 Å². The third kappa shape index (κ3) is 2.01. The lowest BCUT2D eigenvalue weighted by Crippen LogP contribution is -1.95. The summed E-state index contributed by atoms with van der Waals surface area (Å²) < 4.78 is 14.2. The predicted molar refractivity (Wildman–Crippen MR) is 65.0 cm³/mol. The third-order valence-electron chi connectivity index (χ3n) is 2.65. The monoisotopic (exact) mass is 258 g/mol. The molecule has 6 nitrogen and oxygen atoms in total. The summed E-state index contributed by atoms with van der Waals surface area (Å²) >= 11 is 0. The van der Waals surface area contributed by atoms with Gasteiger partial charge in [0.15, 0.2) is 5.65 Å². The van der Waals surface area contributed by atoms with Crippen LogP contribution in [0.2, 0.25) is 0 Å². The van der Waals surface area contributed by atoms with Crippen LogP contribution >= 0.6 is 0 Å². The topological polar surface area (TPSA) is 73.3 Å². The quantitative estimate of drug-likeness (QED) is 0.522. The summed E-state index contributed by atoms with van der Waals surface area (Å²) in [5, 5.41) is 14.8. The van der Waals surface area contributed by atoms with E-state index in [9.17, 15) is 14.5 Å². The minimum atomic E-state index is -0.536. The predicted octanol–water partition coefficient (Wildman–Crippen LogP) is 2.44. The van der Waals surface area contributed by atoms with Gasteiger partial charge in [-0.3, -0.25) is 10.1 Å². The second-order valence-corrected chi connectivity index (χ2v) is 3.91. The van der Waals surface area contributed by atoms with E-state index in [0.29, 0.717) is 11.3 Å². The van der Waals surface area contributed by atoms with Gasteiger partial charge in [0, 0.05) is 11.6 Å². The van der Waals surface area contributed by atoms with E-state index in [2.05, 4.69) is 10.1 Å². The van der Waals surface area contributed by atoms with Crippen LogP contribution in [0.3, 0.4) is 0 Å². The Morgan fingerprint density at radius 2 is 2.00 bits per heavy atom. The Morgan fingerprint density at radius 1 is 1.26 bits per heavy atom. The summed E-state index contributed by atoms with van der Waals surface area (Å²) in [6.07, 6.45) is 2.46. The second-order valence-electron chi connectivity index (χ2n) is 3.91. The summed E-state index contributed by atoms with van der Waals surface area (Å²) in [5.41, 5.74) is 1.65. The Bertz CT molecular complexity index is 767. The molecule has 19 heavy (non-hydrogen) atoms. The minimum absolute atomic E-state index is 0.138. The van der Waals surface area contributed by atoms with Gasteiger partial charge in [0.05, 0.1) is 10.6 Å². The van der Waals surface area contributed by atoms with Crippen LogP contribution in [0.25, 0.3) is 16.9 Å². The highest BCUT2D eigenvalue weighted by atomic mass is 19.1. The molecule has 3 aromatic rings. The minimum Gasteiger partial charge on any atom is -0.258 e. The fourth-order valence-electron chi connectivity index (χ4n) is 1.72. The van der Waals surface area contributed by atoms with Crippen molar-refractivity contribution in [2.24, 2.45) is 0 Å². The number of rotatable bonds is 2. The number of nitro groups is 1. The van der Waals surface area contributed by atoms with Crippen molar-refractivity contribution >= 4 is 11.3 Å². The zero-order valence-corrected chi connectivity index (χ0v) is 9.52. The average Bonchev–Trinajstić information content (AvgIpc) is 2.82. The van der Waals surface area contributed by atoms with Gasteiger partial charge in [-0.05, 0) is 24.3 Å². The molecular weight excluding hydrogens is 251 g/mol. The van der Waals surface area contributed by atoms with E-state index < -0.39 is 4.92 Å². The molecule has 0 radical (unpaired) electrons. The van der Waals surface area contributed by atoms with E-state index in [1.807, 2.05) is 0 Å². The summed E-state index contributed by atoms with van der Waals surface area (Å²) in [4.78, 5) is 14.1. The van der Waals surface area contributed by atoms with Crippen molar-refractivity contribution in [2.45, 2.75) is 0 Å². The summed E-state index contributed by atoms with van der Waals surface area (Å²) in [6.45, 7) is 0. The number of hydrogen-bond acceptors (Lipinski definition) is 4. The zero-order valence-electron chi connectivity index (χ0n) is 9.52. The number of benzene rings is 1. The Kier molecular flexibility index (Phi) is 2.45. The third-order valence-corrected chi connectivity index (χ3v) is 2.65. The Hall–Kier alpha value is -2.83. The van der Waals surface area contributed by atoms with Crippen molar-refractivity contribution in [1.29, 1.82) is 0 Å². The molecule has 1 aromatic carbocycles. The van der Waals surface area contributed by atoms with Crippen molar-refractivity contribution in [2.75, 3.05) is 0 Å². The Morgan fingerprint density at radius 3 is 2.68 bits per heavy atom. The molecule has 0 saturated heterocycles. The van der Waals surface area contributed by atoms with E-state index >= 15 is 0 Å². The molecule has 0 aliphatic carbocycles. The molecule has 0 amide bonds. The highest BCUT2D eigenvalue weighted by molar-refractivity contribution is 5.64. The lowest BCUT2D eigenvalue weighted by atomic mass is 10.1. The molecule has 0 bridgehead atoms. The molecule has 0 spiro atoms. The van der Waals surface area contributed by atoms with Crippen molar-refractivity contribution < 1.29 is 9.31 Å². The lowest BCUT2D eigenvalue weighted by molar-refractivity contribution is -0.385. The molecule has 2 aromatic heterocycles. The maximum atomic E-state index is 12.8.